The van der Waals surface area contributed by atoms with E-state index in [4.69, 9.17) is 9.88 Å². The second kappa shape index (κ2) is 9.89. The van der Waals surface area contributed by atoms with E-state index < -0.39 is 21.3 Å². The number of carbonyl (C=O) groups is 2. The fraction of sp³-hybridized carbons (Fsp3) is 0.619. The van der Waals surface area contributed by atoms with E-state index in [-0.39, 0.29) is 17.7 Å². The minimum Gasteiger partial charge on any atom is -0.493 e. The molecule has 30 heavy (non-hydrogen) atoms. The Morgan fingerprint density at radius 2 is 2.03 bits per heavy atom. The smallest absolute Gasteiger partial charge is 0.243 e. The minimum absolute atomic E-state index is 0.260. The molecule has 0 radical (unpaired) electrons. The third-order valence-corrected chi connectivity index (χ3v) is 7.33. The van der Waals surface area contributed by atoms with E-state index in [0.717, 1.165) is 11.3 Å². The van der Waals surface area contributed by atoms with Crippen molar-refractivity contribution < 1.29 is 22.7 Å². The Labute approximate surface area is 178 Å². The number of primary sulfonamides is 1. The van der Waals surface area contributed by atoms with Gasteiger partial charge in [-0.1, -0.05) is 19.1 Å². The van der Waals surface area contributed by atoms with Gasteiger partial charge in [-0.05, 0) is 68.2 Å². The number of ether oxygens (including phenoxy) is 1. The van der Waals surface area contributed by atoms with Crippen LogP contribution in [0, 0.1) is 5.92 Å². The van der Waals surface area contributed by atoms with E-state index in [0.29, 0.717) is 44.8 Å². The van der Waals surface area contributed by atoms with Crippen LogP contribution in [0.15, 0.2) is 24.3 Å². The van der Waals surface area contributed by atoms with Crippen molar-refractivity contribution in [2.24, 2.45) is 11.1 Å². The summed E-state index contributed by atoms with van der Waals surface area (Å²) in [6.07, 6.45) is 4.08. The zero-order valence-electron chi connectivity index (χ0n) is 17.3. The lowest BCUT2D eigenvalue weighted by Crippen LogP contribution is -2.50. The van der Waals surface area contributed by atoms with E-state index >= 15 is 0 Å². The quantitative estimate of drug-likeness (QED) is 0.355. The van der Waals surface area contributed by atoms with E-state index in [1.807, 2.05) is 31.2 Å². The molecule has 4 N–H and O–H groups in total. The lowest BCUT2D eigenvalue weighted by atomic mass is 9.94. The second-order valence-electron chi connectivity index (χ2n) is 8.34. The van der Waals surface area contributed by atoms with Crippen molar-refractivity contribution in [1.82, 2.24) is 10.6 Å². The normalized spacial score (nSPS) is 21.7. The molecule has 1 aliphatic carbocycles. The molecule has 1 aromatic rings. The van der Waals surface area contributed by atoms with Crippen molar-refractivity contribution in [3.63, 3.8) is 0 Å². The maximum absolute atomic E-state index is 12.3. The van der Waals surface area contributed by atoms with Crippen molar-refractivity contribution in [2.45, 2.75) is 62.7 Å². The highest BCUT2D eigenvalue weighted by atomic mass is 32.2. The lowest BCUT2D eigenvalue weighted by molar-refractivity contribution is -0.134. The van der Waals surface area contributed by atoms with Crippen molar-refractivity contribution >= 4 is 21.8 Å². The summed E-state index contributed by atoms with van der Waals surface area (Å²) in [6, 6.07) is 7.13. The van der Waals surface area contributed by atoms with Crippen molar-refractivity contribution in [1.29, 1.82) is 0 Å². The zero-order valence-corrected chi connectivity index (χ0v) is 18.1. The monoisotopic (exact) mass is 437 g/mol. The Bertz CT molecular complexity index is 869. The SMILES string of the molecule is C[C@H](c1cccc(OCC2CC2)c1)C(CCCNC1CCC(=O)NC1=O)S(N)(=O)=O. The predicted molar refractivity (Wildman–Crippen MR) is 113 cm³/mol. The van der Waals surface area contributed by atoms with Crippen LogP contribution in [-0.4, -0.2) is 44.7 Å². The molecule has 1 aliphatic heterocycles. The van der Waals surface area contributed by atoms with Gasteiger partial charge in [0.1, 0.15) is 5.75 Å². The molecule has 1 saturated heterocycles. The van der Waals surface area contributed by atoms with Gasteiger partial charge in [0.25, 0.3) is 0 Å². The molecule has 0 spiro atoms. The Morgan fingerprint density at radius 3 is 2.70 bits per heavy atom. The molecule has 1 saturated carbocycles. The van der Waals surface area contributed by atoms with Gasteiger partial charge in [-0.2, -0.15) is 0 Å². The molecule has 2 unspecified atom stereocenters. The molecule has 1 heterocycles. The molecule has 3 rings (SSSR count). The van der Waals surface area contributed by atoms with Crippen molar-refractivity contribution in [3.05, 3.63) is 29.8 Å². The number of amides is 2. The van der Waals surface area contributed by atoms with Crippen LogP contribution in [0.5, 0.6) is 5.75 Å². The summed E-state index contributed by atoms with van der Waals surface area (Å²) in [4.78, 5) is 23.0. The second-order valence-corrected chi connectivity index (χ2v) is 10.1. The van der Waals surface area contributed by atoms with E-state index in [1.165, 1.54) is 12.8 Å². The van der Waals surface area contributed by atoms with Gasteiger partial charge in [0.05, 0.1) is 17.9 Å². The van der Waals surface area contributed by atoms with Gasteiger partial charge < -0.3 is 10.1 Å². The van der Waals surface area contributed by atoms with E-state index in [1.54, 1.807) is 0 Å². The van der Waals surface area contributed by atoms with Gasteiger partial charge in [-0.25, -0.2) is 13.6 Å². The number of nitrogens with one attached hydrogen (secondary N) is 2. The molecule has 2 amide bonds. The van der Waals surface area contributed by atoms with Crippen LogP contribution in [0.25, 0.3) is 0 Å². The summed E-state index contributed by atoms with van der Waals surface area (Å²) >= 11 is 0. The first kappa shape index (κ1) is 22.7. The predicted octanol–water partition coefficient (Wildman–Crippen LogP) is 1.41. The van der Waals surface area contributed by atoms with Crippen LogP contribution in [0.4, 0.5) is 0 Å². The lowest BCUT2D eigenvalue weighted by Gasteiger charge is -2.24. The molecular formula is C21H31N3O5S. The molecule has 166 valence electrons. The standard InChI is InChI=1S/C21H31N3O5S/c1-14(16-4-2-5-17(12-16)29-13-15-7-8-15)19(30(22,27)28)6-3-11-23-18-9-10-20(25)24-21(18)26/h2,4-5,12,14-15,18-19,23H,3,6-11,13H2,1H3,(H2,22,27,28)(H,24,25,26)/t14-,18?,19?/m1/s1. The third-order valence-electron chi connectivity index (χ3n) is 5.84. The Balaban J connectivity index is 1.55. The maximum atomic E-state index is 12.3. The number of imide groups is 1. The molecule has 2 fully saturated rings. The first-order valence-electron chi connectivity index (χ1n) is 10.6. The van der Waals surface area contributed by atoms with E-state index in [2.05, 4.69) is 10.6 Å². The highest BCUT2D eigenvalue weighted by molar-refractivity contribution is 7.89. The van der Waals surface area contributed by atoms with Gasteiger partial charge in [0.2, 0.25) is 21.8 Å². The number of rotatable bonds is 11. The van der Waals surface area contributed by atoms with Gasteiger partial charge in [0.15, 0.2) is 0 Å². The highest BCUT2D eigenvalue weighted by Crippen LogP contribution is 2.31. The minimum atomic E-state index is -3.76. The number of hydrogen-bond acceptors (Lipinski definition) is 6. The average molecular weight is 438 g/mol. The highest BCUT2D eigenvalue weighted by Gasteiger charge is 2.30. The van der Waals surface area contributed by atoms with Crippen LogP contribution in [-0.2, 0) is 19.6 Å². The van der Waals surface area contributed by atoms with Gasteiger partial charge >= 0.3 is 0 Å². The molecule has 2 aliphatic rings. The molecule has 0 bridgehead atoms. The Kier molecular flexibility index (Phi) is 7.49. The molecule has 1 aromatic carbocycles. The van der Waals surface area contributed by atoms with Crippen LogP contribution in [0.2, 0.25) is 0 Å². The van der Waals surface area contributed by atoms with Crippen molar-refractivity contribution in [3.8, 4) is 5.75 Å². The fourth-order valence-corrected chi connectivity index (χ4v) is 4.99. The average Bonchev–Trinajstić information content (AvgIpc) is 3.51. The van der Waals surface area contributed by atoms with Gasteiger partial charge in [-0.3, -0.25) is 14.9 Å². The summed E-state index contributed by atoms with van der Waals surface area (Å²) in [5.41, 5.74) is 0.875. The molecule has 9 heteroatoms. The van der Waals surface area contributed by atoms with E-state index in [9.17, 15) is 18.0 Å². The number of sulfonamides is 1. The number of carbonyl (C=O) groups excluding carboxylic acids is 2. The molecule has 0 aromatic heterocycles. The largest absolute Gasteiger partial charge is 0.493 e. The first-order chi connectivity index (χ1) is 14.2. The summed E-state index contributed by atoms with van der Waals surface area (Å²) in [7, 11) is -3.76. The molecular weight excluding hydrogens is 406 g/mol. The first-order valence-corrected chi connectivity index (χ1v) is 12.2. The summed E-state index contributed by atoms with van der Waals surface area (Å²) < 4.78 is 30.3. The topological polar surface area (TPSA) is 128 Å². The number of hydrogen-bond donors (Lipinski definition) is 3. The van der Waals surface area contributed by atoms with Crippen LogP contribution < -0.4 is 20.5 Å². The maximum Gasteiger partial charge on any atom is 0.243 e. The van der Waals surface area contributed by atoms with Crippen LogP contribution >= 0.6 is 0 Å². The molecule has 8 nitrogen and oxygen atoms in total. The summed E-state index contributed by atoms with van der Waals surface area (Å²) in [5, 5.41) is 10.2. The van der Waals surface area contributed by atoms with Gasteiger partial charge in [0, 0.05) is 6.42 Å². The number of benzene rings is 1. The zero-order chi connectivity index (χ0) is 21.7. The fourth-order valence-electron chi connectivity index (χ4n) is 3.77. The van der Waals surface area contributed by atoms with Gasteiger partial charge in [-0.15, -0.1) is 0 Å². The van der Waals surface area contributed by atoms with Crippen molar-refractivity contribution in [2.75, 3.05) is 13.2 Å². The molecule has 3 atom stereocenters. The number of piperidine rings is 1. The third kappa shape index (κ3) is 6.52. The summed E-state index contributed by atoms with van der Waals surface area (Å²) in [6.45, 7) is 3.03. The Morgan fingerprint density at radius 1 is 1.27 bits per heavy atom. The van der Waals surface area contributed by atoms with Crippen LogP contribution in [0.1, 0.15) is 56.9 Å². The number of nitrogens with two attached hydrogens (primary N) is 1. The summed E-state index contributed by atoms with van der Waals surface area (Å²) in [5.74, 6) is 0.509. The van der Waals surface area contributed by atoms with Crippen LogP contribution in [0.3, 0.4) is 0 Å². The Hall–Kier alpha value is -1.97.